The zero-order valence-electron chi connectivity index (χ0n) is 9.78. The summed E-state index contributed by atoms with van der Waals surface area (Å²) in [6, 6.07) is 0. The van der Waals surface area contributed by atoms with Gasteiger partial charge >= 0.3 is 0 Å². The lowest BCUT2D eigenvalue weighted by Gasteiger charge is -2.07. The van der Waals surface area contributed by atoms with Gasteiger partial charge in [-0.25, -0.2) is 4.98 Å². The highest BCUT2D eigenvalue weighted by Crippen LogP contribution is 2.28. The van der Waals surface area contributed by atoms with Crippen LogP contribution >= 0.6 is 15.9 Å². The fraction of sp³-hybridized carbons (Fsp3) is 0.636. The standard InChI is InChI=1S/C11H16BrN3O2/c1-16-10-9(12)6-14-11(15-10)13-4-5-17-7-8-2-3-8/h6,8H,2-5,7H2,1H3,(H,13,14,15). The lowest BCUT2D eigenvalue weighted by Crippen LogP contribution is -2.12. The van der Waals surface area contributed by atoms with Gasteiger partial charge in [0.2, 0.25) is 11.8 Å². The molecule has 1 aliphatic rings. The molecule has 1 fully saturated rings. The predicted octanol–water partition coefficient (Wildman–Crippen LogP) is 2.09. The van der Waals surface area contributed by atoms with Gasteiger partial charge in [-0.05, 0) is 34.7 Å². The molecule has 17 heavy (non-hydrogen) atoms. The summed E-state index contributed by atoms with van der Waals surface area (Å²) in [5.41, 5.74) is 0. The molecule has 1 aliphatic carbocycles. The predicted molar refractivity (Wildman–Crippen MR) is 68.3 cm³/mol. The van der Waals surface area contributed by atoms with Crippen molar-refractivity contribution in [3.8, 4) is 5.88 Å². The zero-order valence-corrected chi connectivity index (χ0v) is 11.4. The molecule has 0 saturated heterocycles. The normalized spacial score (nSPS) is 14.7. The van der Waals surface area contributed by atoms with E-state index in [0.29, 0.717) is 25.0 Å². The molecule has 0 radical (unpaired) electrons. The molecule has 0 aliphatic heterocycles. The van der Waals surface area contributed by atoms with E-state index in [1.54, 1.807) is 13.3 Å². The molecule has 0 amide bonds. The molecular weight excluding hydrogens is 286 g/mol. The van der Waals surface area contributed by atoms with Gasteiger partial charge in [0.05, 0.1) is 24.4 Å². The summed E-state index contributed by atoms with van der Waals surface area (Å²) in [4.78, 5) is 8.32. The Bertz CT molecular complexity index is 372. The molecule has 0 aromatic carbocycles. The molecule has 6 heteroatoms. The molecule has 1 aromatic rings. The Labute approximate surface area is 109 Å². The molecule has 1 heterocycles. The van der Waals surface area contributed by atoms with Crippen LogP contribution in [0.15, 0.2) is 10.7 Å². The number of anilines is 1. The van der Waals surface area contributed by atoms with Crippen molar-refractivity contribution in [3.63, 3.8) is 0 Å². The minimum atomic E-state index is 0.529. The van der Waals surface area contributed by atoms with Crippen molar-refractivity contribution in [2.75, 3.05) is 32.2 Å². The summed E-state index contributed by atoms with van der Waals surface area (Å²) in [6.45, 7) is 2.27. The Balaban J connectivity index is 1.70. The average Bonchev–Trinajstić information content (AvgIpc) is 3.15. The van der Waals surface area contributed by atoms with Crippen LogP contribution < -0.4 is 10.1 Å². The van der Waals surface area contributed by atoms with Crippen LogP contribution in [0.25, 0.3) is 0 Å². The lowest BCUT2D eigenvalue weighted by molar-refractivity contribution is 0.133. The molecule has 0 atom stereocenters. The number of nitrogens with zero attached hydrogens (tertiary/aromatic N) is 2. The lowest BCUT2D eigenvalue weighted by atomic mass is 10.5. The quantitative estimate of drug-likeness (QED) is 0.782. The molecule has 5 nitrogen and oxygen atoms in total. The molecule has 94 valence electrons. The topological polar surface area (TPSA) is 56.3 Å². The molecule has 2 rings (SSSR count). The van der Waals surface area contributed by atoms with Gasteiger partial charge in [-0.1, -0.05) is 0 Å². The third-order valence-electron chi connectivity index (χ3n) is 2.49. The Kier molecular flexibility index (Phi) is 4.56. The van der Waals surface area contributed by atoms with Gasteiger partial charge in [0.15, 0.2) is 0 Å². The average molecular weight is 302 g/mol. The highest BCUT2D eigenvalue weighted by atomic mass is 79.9. The fourth-order valence-corrected chi connectivity index (χ4v) is 1.70. The van der Waals surface area contributed by atoms with E-state index in [4.69, 9.17) is 9.47 Å². The number of nitrogens with one attached hydrogen (secondary N) is 1. The zero-order chi connectivity index (χ0) is 12.1. The van der Waals surface area contributed by atoms with Gasteiger partial charge in [0.1, 0.15) is 0 Å². The summed E-state index contributed by atoms with van der Waals surface area (Å²) in [7, 11) is 1.58. The van der Waals surface area contributed by atoms with Crippen molar-refractivity contribution < 1.29 is 9.47 Å². The molecule has 1 aromatic heterocycles. The second-order valence-corrected chi connectivity index (χ2v) is 4.85. The monoisotopic (exact) mass is 301 g/mol. The van der Waals surface area contributed by atoms with E-state index in [-0.39, 0.29) is 0 Å². The van der Waals surface area contributed by atoms with Crippen molar-refractivity contribution in [1.82, 2.24) is 9.97 Å². The molecule has 1 saturated carbocycles. The van der Waals surface area contributed by atoms with Crippen LogP contribution in [0.2, 0.25) is 0 Å². The van der Waals surface area contributed by atoms with Crippen LogP contribution in [0.5, 0.6) is 5.88 Å². The van der Waals surface area contributed by atoms with Crippen molar-refractivity contribution in [2.45, 2.75) is 12.8 Å². The van der Waals surface area contributed by atoms with Crippen LogP contribution in [0, 0.1) is 5.92 Å². The van der Waals surface area contributed by atoms with Gasteiger partial charge < -0.3 is 14.8 Å². The minimum absolute atomic E-state index is 0.529. The Morgan fingerprint density at radius 2 is 2.35 bits per heavy atom. The van der Waals surface area contributed by atoms with E-state index in [9.17, 15) is 0 Å². The smallest absolute Gasteiger partial charge is 0.232 e. The first-order chi connectivity index (χ1) is 8.29. The number of ether oxygens (including phenoxy) is 2. The maximum atomic E-state index is 5.50. The summed E-state index contributed by atoms with van der Waals surface area (Å²) in [5.74, 6) is 1.89. The molecule has 0 unspecified atom stereocenters. The minimum Gasteiger partial charge on any atom is -0.480 e. The van der Waals surface area contributed by atoms with E-state index in [2.05, 4.69) is 31.2 Å². The number of rotatable bonds is 7. The second kappa shape index (κ2) is 6.16. The first-order valence-corrected chi connectivity index (χ1v) is 6.47. The highest BCUT2D eigenvalue weighted by Gasteiger charge is 2.20. The molecular formula is C11H16BrN3O2. The third-order valence-corrected chi connectivity index (χ3v) is 3.03. The second-order valence-electron chi connectivity index (χ2n) is 4.00. The number of aromatic nitrogens is 2. The summed E-state index contributed by atoms with van der Waals surface area (Å²) < 4.78 is 11.3. The number of hydrogen-bond acceptors (Lipinski definition) is 5. The van der Waals surface area contributed by atoms with E-state index < -0.39 is 0 Å². The first-order valence-electron chi connectivity index (χ1n) is 5.67. The van der Waals surface area contributed by atoms with Gasteiger partial charge in [0.25, 0.3) is 0 Å². The van der Waals surface area contributed by atoms with Crippen molar-refractivity contribution in [2.24, 2.45) is 5.92 Å². The van der Waals surface area contributed by atoms with Crippen molar-refractivity contribution in [3.05, 3.63) is 10.7 Å². The molecule has 1 N–H and O–H groups in total. The maximum Gasteiger partial charge on any atom is 0.232 e. The summed E-state index contributed by atoms with van der Waals surface area (Å²) in [5, 5.41) is 3.09. The van der Waals surface area contributed by atoms with Crippen LogP contribution in [0.4, 0.5) is 5.95 Å². The fourth-order valence-electron chi connectivity index (χ4n) is 1.35. The van der Waals surface area contributed by atoms with Crippen molar-refractivity contribution in [1.29, 1.82) is 0 Å². The Hall–Kier alpha value is -0.880. The van der Waals surface area contributed by atoms with Crippen LogP contribution in [0.3, 0.4) is 0 Å². The Morgan fingerprint density at radius 1 is 1.53 bits per heavy atom. The van der Waals surface area contributed by atoms with Crippen LogP contribution in [-0.4, -0.2) is 36.8 Å². The van der Waals surface area contributed by atoms with E-state index >= 15 is 0 Å². The van der Waals surface area contributed by atoms with E-state index in [0.717, 1.165) is 17.0 Å². The van der Waals surface area contributed by atoms with Gasteiger partial charge in [-0.2, -0.15) is 4.98 Å². The number of methoxy groups -OCH3 is 1. The van der Waals surface area contributed by atoms with Gasteiger partial charge in [-0.3, -0.25) is 0 Å². The summed E-state index contributed by atoms with van der Waals surface area (Å²) in [6.07, 6.45) is 4.31. The van der Waals surface area contributed by atoms with Crippen LogP contribution in [-0.2, 0) is 4.74 Å². The van der Waals surface area contributed by atoms with E-state index in [1.807, 2.05) is 0 Å². The largest absolute Gasteiger partial charge is 0.480 e. The number of hydrogen-bond donors (Lipinski definition) is 1. The Morgan fingerprint density at radius 3 is 3.06 bits per heavy atom. The van der Waals surface area contributed by atoms with Gasteiger partial charge in [-0.15, -0.1) is 0 Å². The van der Waals surface area contributed by atoms with Crippen molar-refractivity contribution >= 4 is 21.9 Å². The molecule has 0 spiro atoms. The summed E-state index contributed by atoms with van der Waals surface area (Å²) >= 11 is 3.30. The molecule has 0 bridgehead atoms. The highest BCUT2D eigenvalue weighted by molar-refractivity contribution is 9.10. The van der Waals surface area contributed by atoms with Crippen LogP contribution in [0.1, 0.15) is 12.8 Å². The first kappa shape index (κ1) is 12.6. The maximum absolute atomic E-state index is 5.50. The van der Waals surface area contributed by atoms with E-state index in [1.165, 1.54) is 12.8 Å². The SMILES string of the molecule is COc1nc(NCCOCC2CC2)ncc1Br. The third kappa shape index (κ3) is 4.12. The van der Waals surface area contributed by atoms with Gasteiger partial charge in [0, 0.05) is 13.2 Å². The number of halogens is 1.